The fourth-order valence-electron chi connectivity index (χ4n) is 3.39. The average Bonchev–Trinajstić information content (AvgIpc) is 3.32. The van der Waals surface area contributed by atoms with Gasteiger partial charge in [-0.25, -0.2) is 4.98 Å². The molecule has 1 N–H and O–H groups in total. The molecule has 130 valence electrons. The Hall–Kier alpha value is -2.98. The second-order valence-electron chi connectivity index (χ2n) is 6.52. The van der Waals surface area contributed by atoms with Crippen LogP contribution in [0.4, 0.5) is 0 Å². The van der Waals surface area contributed by atoms with Gasteiger partial charge in [0.05, 0.1) is 23.2 Å². The van der Waals surface area contributed by atoms with Gasteiger partial charge in [-0.15, -0.1) is 11.3 Å². The first-order valence-corrected chi connectivity index (χ1v) is 9.03. The Morgan fingerprint density at radius 1 is 1.46 bits per heavy atom. The van der Waals surface area contributed by atoms with Gasteiger partial charge >= 0.3 is 5.97 Å². The van der Waals surface area contributed by atoms with Gasteiger partial charge in [-0.2, -0.15) is 5.26 Å². The lowest BCUT2D eigenvalue weighted by molar-refractivity contribution is -0.138. The van der Waals surface area contributed by atoms with E-state index < -0.39 is 11.9 Å². The van der Waals surface area contributed by atoms with Crippen LogP contribution < -0.4 is 5.56 Å². The minimum atomic E-state index is -0.816. The quantitative estimate of drug-likeness (QED) is 0.767. The second kappa shape index (κ2) is 6.07. The van der Waals surface area contributed by atoms with E-state index in [1.165, 1.54) is 17.4 Å². The van der Waals surface area contributed by atoms with Gasteiger partial charge in [0.1, 0.15) is 0 Å². The summed E-state index contributed by atoms with van der Waals surface area (Å²) in [5.41, 5.74) is 2.73. The lowest BCUT2D eigenvalue weighted by Gasteiger charge is -2.04. The number of carbonyl (C=O) groups is 1. The molecule has 2 unspecified atom stereocenters. The van der Waals surface area contributed by atoms with Crippen LogP contribution >= 0.6 is 11.3 Å². The number of aromatic nitrogens is 2. The van der Waals surface area contributed by atoms with E-state index in [9.17, 15) is 14.7 Å². The van der Waals surface area contributed by atoms with Crippen LogP contribution in [0.3, 0.4) is 0 Å². The highest BCUT2D eigenvalue weighted by molar-refractivity contribution is 7.17. The number of carboxylic acids is 1. The molecular weight excluding hydrogens is 350 g/mol. The van der Waals surface area contributed by atoms with Crippen molar-refractivity contribution >= 4 is 22.3 Å². The predicted molar refractivity (Wildman–Crippen MR) is 96.5 cm³/mol. The summed E-state index contributed by atoms with van der Waals surface area (Å²) in [4.78, 5) is 30.0. The van der Waals surface area contributed by atoms with Crippen molar-refractivity contribution in [2.45, 2.75) is 25.7 Å². The lowest BCUT2D eigenvalue weighted by Crippen LogP contribution is -2.17. The number of hydrogen-bond acceptors (Lipinski definition) is 5. The number of fused-ring (bicyclic) bond motifs is 1. The minimum Gasteiger partial charge on any atom is -0.481 e. The Morgan fingerprint density at radius 2 is 2.27 bits per heavy atom. The molecule has 2 aromatic heterocycles. The largest absolute Gasteiger partial charge is 0.481 e. The molecule has 7 heteroatoms. The molecule has 1 aliphatic rings. The van der Waals surface area contributed by atoms with Gasteiger partial charge in [-0.05, 0) is 31.0 Å². The number of thiazole rings is 1. The Labute approximate surface area is 153 Å². The van der Waals surface area contributed by atoms with Crippen LogP contribution in [-0.4, -0.2) is 20.5 Å². The van der Waals surface area contributed by atoms with E-state index in [-0.39, 0.29) is 11.5 Å². The molecule has 6 nitrogen and oxygen atoms in total. The summed E-state index contributed by atoms with van der Waals surface area (Å²) < 4.78 is 1.56. The van der Waals surface area contributed by atoms with E-state index in [0.29, 0.717) is 29.1 Å². The molecule has 1 saturated carbocycles. The zero-order chi connectivity index (χ0) is 18.4. The summed E-state index contributed by atoms with van der Waals surface area (Å²) in [6.45, 7) is 1.90. The fraction of sp³-hybridized carbons (Fsp3) is 0.263. The van der Waals surface area contributed by atoms with Crippen molar-refractivity contribution in [2.75, 3.05) is 0 Å². The molecule has 0 spiro atoms. The van der Waals surface area contributed by atoms with E-state index in [1.807, 2.05) is 19.1 Å². The van der Waals surface area contributed by atoms with Crippen LogP contribution in [0.15, 0.2) is 35.1 Å². The monoisotopic (exact) mass is 365 g/mol. The first-order valence-electron chi connectivity index (χ1n) is 8.21. The van der Waals surface area contributed by atoms with Gasteiger partial charge in [0.2, 0.25) is 0 Å². The maximum Gasteiger partial charge on any atom is 0.307 e. The van der Waals surface area contributed by atoms with Gasteiger partial charge in [-0.3, -0.25) is 14.0 Å². The highest BCUT2D eigenvalue weighted by Crippen LogP contribution is 2.49. The average molecular weight is 365 g/mol. The van der Waals surface area contributed by atoms with Gasteiger partial charge in [0, 0.05) is 29.0 Å². The van der Waals surface area contributed by atoms with E-state index in [2.05, 4.69) is 11.1 Å². The summed E-state index contributed by atoms with van der Waals surface area (Å²) in [6, 6.07) is 10.8. The van der Waals surface area contributed by atoms with Crippen molar-refractivity contribution < 1.29 is 9.90 Å². The number of nitrogens with zero attached hydrogens (tertiary/aromatic N) is 3. The van der Waals surface area contributed by atoms with Gasteiger partial charge in [-0.1, -0.05) is 12.1 Å². The Bertz CT molecular complexity index is 1140. The third-order valence-corrected chi connectivity index (χ3v) is 5.66. The smallest absolute Gasteiger partial charge is 0.307 e. The maximum absolute atomic E-state index is 12.7. The van der Waals surface area contributed by atoms with Crippen molar-refractivity contribution in [2.24, 2.45) is 5.92 Å². The van der Waals surface area contributed by atoms with Crippen LogP contribution in [0.25, 0.3) is 4.96 Å². The highest BCUT2D eigenvalue weighted by atomic mass is 32.1. The fourth-order valence-corrected chi connectivity index (χ4v) is 4.45. The number of aliphatic carboxylic acids is 1. The number of carboxylic acid groups (broad SMARTS) is 1. The van der Waals surface area contributed by atoms with Crippen LogP contribution in [0.1, 0.15) is 39.7 Å². The molecule has 1 aromatic carbocycles. The first-order chi connectivity index (χ1) is 12.5. The molecule has 0 saturated heterocycles. The topological polar surface area (TPSA) is 95.5 Å². The predicted octanol–water partition coefficient (Wildman–Crippen LogP) is 2.71. The zero-order valence-corrected chi connectivity index (χ0v) is 14.8. The number of aryl methyl sites for hydroxylation is 1. The molecule has 1 aliphatic carbocycles. The van der Waals surface area contributed by atoms with E-state index in [4.69, 9.17) is 5.26 Å². The highest BCUT2D eigenvalue weighted by Gasteiger charge is 2.47. The Balaban J connectivity index is 1.73. The summed E-state index contributed by atoms with van der Waals surface area (Å²) in [5, 5.41) is 18.2. The maximum atomic E-state index is 12.7. The van der Waals surface area contributed by atoms with Crippen molar-refractivity contribution in [3.8, 4) is 6.07 Å². The van der Waals surface area contributed by atoms with E-state index >= 15 is 0 Å². The zero-order valence-electron chi connectivity index (χ0n) is 14.0. The number of hydrogen-bond donors (Lipinski definition) is 1. The van der Waals surface area contributed by atoms with Gasteiger partial charge < -0.3 is 5.11 Å². The van der Waals surface area contributed by atoms with Crippen LogP contribution in [0.2, 0.25) is 0 Å². The van der Waals surface area contributed by atoms with E-state index in [0.717, 1.165) is 16.1 Å². The molecule has 3 aromatic rings. The first kappa shape index (κ1) is 16.5. The molecule has 0 bridgehead atoms. The normalized spacial score (nSPS) is 18.6. The van der Waals surface area contributed by atoms with Crippen molar-refractivity contribution in [3.63, 3.8) is 0 Å². The molecular formula is C19H15N3O3S. The molecule has 1 fully saturated rings. The number of benzene rings is 1. The molecule has 0 aliphatic heterocycles. The molecule has 4 rings (SSSR count). The van der Waals surface area contributed by atoms with Gasteiger partial charge in [0.15, 0.2) is 4.96 Å². The van der Waals surface area contributed by atoms with Crippen molar-refractivity contribution in [1.29, 1.82) is 5.26 Å². The summed E-state index contributed by atoms with van der Waals surface area (Å²) in [7, 11) is 0. The molecule has 0 radical (unpaired) electrons. The molecule has 26 heavy (non-hydrogen) atoms. The summed E-state index contributed by atoms with van der Waals surface area (Å²) in [5.74, 6) is -1.34. The standard InChI is InChI=1S/C19H15N3O3S/c1-10-17(14-8-15(14)18(24)25)22-16(23)7-13(21-19(22)26-10)6-11-3-2-4-12(5-11)9-20/h2-5,7,14-15H,6,8H2,1H3,(H,24,25). The van der Waals surface area contributed by atoms with E-state index in [1.54, 1.807) is 16.5 Å². The van der Waals surface area contributed by atoms with Crippen molar-refractivity contribution in [1.82, 2.24) is 9.38 Å². The Kier molecular flexibility index (Phi) is 3.85. The number of nitriles is 1. The van der Waals surface area contributed by atoms with Crippen LogP contribution in [0, 0.1) is 24.2 Å². The third kappa shape index (κ3) is 2.78. The second-order valence-corrected chi connectivity index (χ2v) is 7.70. The van der Waals surface area contributed by atoms with Crippen LogP contribution in [-0.2, 0) is 11.2 Å². The third-order valence-electron chi connectivity index (χ3n) is 4.69. The Morgan fingerprint density at radius 3 is 2.96 bits per heavy atom. The summed E-state index contributed by atoms with van der Waals surface area (Å²) >= 11 is 1.41. The minimum absolute atomic E-state index is 0.112. The molecule has 0 amide bonds. The molecule has 2 heterocycles. The van der Waals surface area contributed by atoms with Crippen LogP contribution in [0.5, 0.6) is 0 Å². The van der Waals surface area contributed by atoms with Crippen molar-refractivity contribution in [3.05, 3.63) is 68.1 Å². The SMILES string of the molecule is Cc1sc2nc(Cc3cccc(C#N)c3)cc(=O)n2c1C1CC1C(=O)O. The summed E-state index contributed by atoms with van der Waals surface area (Å²) in [6.07, 6.45) is 1.03. The lowest BCUT2D eigenvalue weighted by atomic mass is 10.1. The van der Waals surface area contributed by atoms with Gasteiger partial charge in [0.25, 0.3) is 5.56 Å². The number of rotatable bonds is 4. The molecule has 2 atom stereocenters.